The van der Waals surface area contributed by atoms with Crippen LogP contribution in [-0.2, 0) is 0 Å². The van der Waals surface area contributed by atoms with Gasteiger partial charge in [-0.2, -0.15) is 0 Å². The van der Waals surface area contributed by atoms with E-state index in [2.05, 4.69) is 15.9 Å². The van der Waals surface area contributed by atoms with Crippen molar-refractivity contribution in [3.8, 4) is 0 Å². The molecule has 1 aliphatic rings. The van der Waals surface area contributed by atoms with Gasteiger partial charge in [0.15, 0.2) is 0 Å². The molecule has 0 bridgehead atoms. The fourth-order valence-electron chi connectivity index (χ4n) is 2.57. The summed E-state index contributed by atoms with van der Waals surface area (Å²) in [4.78, 5) is 0. The number of hydrogen-bond acceptors (Lipinski definition) is 0. The Bertz CT molecular complexity index is 416. The molecule has 98 valence electrons. The van der Waals surface area contributed by atoms with Crippen LogP contribution in [0.5, 0.6) is 0 Å². The molecule has 0 atom stereocenters. The predicted octanol–water partition coefficient (Wildman–Crippen LogP) is 5.84. The van der Waals surface area contributed by atoms with Crippen LogP contribution in [0.25, 0.3) is 6.08 Å². The summed E-state index contributed by atoms with van der Waals surface area (Å²) in [6, 6.07) is 4.84. The van der Waals surface area contributed by atoms with E-state index in [0.29, 0.717) is 16.5 Å². The lowest BCUT2D eigenvalue weighted by atomic mass is 9.84. The van der Waals surface area contributed by atoms with Gasteiger partial charge in [0.25, 0.3) is 0 Å². The van der Waals surface area contributed by atoms with Crippen LogP contribution in [0.2, 0.25) is 5.02 Å². The van der Waals surface area contributed by atoms with Gasteiger partial charge in [-0.3, -0.25) is 0 Å². The molecule has 0 spiro atoms. The minimum absolute atomic E-state index is 0.239. The summed E-state index contributed by atoms with van der Waals surface area (Å²) < 4.78 is 13.8. The quantitative estimate of drug-likeness (QED) is 0.611. The molecule has 18 heavy (non-hydrogen) atoms. The van der Waals surface area contributed by atoms with E-state index in [-0.39, 0.29) is 5.82 Å². The number of halogens is 3. The Balaban J connectivity index is 2.28. The molecule has 0 unspecified atom stereocenters. The molecule has 0 aromatic heterocycles. The maximum absolute atomic E-state index is 13.8. The number of allylic oxidation sites excluding steroid dienone is 1. The molecule has 1 saturated carbocycles. The van der Waals surface area contributed by atoms with E-state index in [9.17, 15) is 4.39 Å². The highest BCUT2D eigenvalue weighted by Gasteiger charge is 2.18. The van der Waals surface area contributed by atoms with E-state index in [4.69, 9.17) is 11.6 Å². The maximum atomic E-state index is 13.8. The van der Waals surface area contributed by atoms with Crippen LogP contribution in [0.3, 0.4) is 0 Å². The molecule has 0 heterocycles. The molecule has 0 radical (unpaired) electrons. The van der Waals surface area contributed by atoms with Crippen LogP contribution in [0, 0.1) is 11.7 Å². The Morgan fingerprint density at radius 2 is 2.06 bits per heavy atom. The van der Waals surface area contributed by atoms with Gasteiger partial charge in [0, 0.05) is 10.9 Å². The second-order valence-corrected chi connectivity index (χ2v) is 5.79. The standard InChI is InChI=1S/C15H17BrClF/c16-10-12(11-5-2-1-3-6-11)9-13-14(17)7-4-8-15(13)18/h4,7-9,11H,1-3,5-6,10H2. The first-order chi connectivity index (χ1) is 8.72. The smallest absolute Gasteiger partial charge is 0.131 e. The molecule has 0 amide bonds. The summed E-state index contributed by atoms with van der Waals surface area (Å²) in [5.74, 6) is 0.338. The Morgan fingerprint density at radius 3 is 2.67 bits per heavy atom. The first kappa shape index (κ1) is 14.1. The predicted molar refractivity (Wildman–Crippen MR) is 79.8 cm³/mol. The Morgan fingerprint density at radius 1 is 1.33 bits per heavy atom. The van der Waals surface area contributed by atoms with E-state index in [0.717, 1.165) is 5.33 Å². The normalized spacial score (nSPS) is 18.1. The molecule has 3 heteroatoms. The van der Waals surface area contributed by atoms with Gasteiger partial charge in [-0.15, -0.1) is 0 Å². The average Bonchev–Trinajstić information content (AvgIpc) is 2.40. The summed E-state index contributed by atoms with van der Waals surface area (Å²) in [5, 5.41) is 1.28. The maximum Gasteiger partial charge on any atom is 0.131 e. The summed E-state index contributed by atoms with van der Waals surface area (Å²) in [6.07, 6.45) is 8.24. The number of alkyl halides is 1. The third kappa shape index (κ3) is 3.36. The van der Waals surface area contributed by atoms with Crippen LogP contribution in [0.1, 0.15) is 37.7 Å². The average molecular weight is 332 g/mol. The number of rotatable bonds is 3. The Labute approximate surface area is 121 Å². The highest BCUT2D eigenvalue weighted by molar-refractivity contribution is 9.09. The largest absolute Gasteiger partial charge is 0.206 e. The third-order valence-electron chi connectivity index (χ3n) is 3.61. The van der Waals surface area contributed by atoms with Crippen LogP contribution in [0.4, 0.5) is 4.39 Å². The first-order valence-corrected chi connectivity index (χ1v) is 7.92. The van der Waals surface area contributed by atoms with Crippen molar-refractivity contribution >= 4 is 33.6 Å². The first-order valence-electron chi connectivity index (χ1n) is 6.43. The molecule has 0 N–H and O–H groups in total. The van der Waals surface area contributed by atoms with Crippen molar-refractivity contribution in [1.82, 2.24) is 0 Å². The lowest BCUT2D eigenvalue weighted by Gasteiger charge is -2.23. The van der Waals surface area contributed by atoms with Crippen molar-refractivity contribution in [2.24, 2.45) is 5.92 Å². The van der Waals surface area contributed by atoms with E-state index < -0.39 is 0 Å². The summed E-state index contributed by atoms with van der Waals surface area (Å²) in [6.45, 7) is 0. The minimum Gasteiger partial charge on any atom is -0.206 e. The Hall–Kier alpha value is -0.340. The van der Waals surface area contributed by atoms with E-state index in [1.165, 1.54) is 43.7 Å². The molecule has 1 aromatic carbocycles. The second kappa shape index (κ2) is 6.72. The van der Waals surface area contributed by atoms with Gasteiger partial charge < -0.3 is 0 Å². The van der Waals surface area contributed by atoms with Crippen LogP contribution in [-0.4, -0.2) is 5.33 Å². The monoisotopic (exact) mass is 330 g/mol. The van der Waals surface area contributed by atoms with E-state index in [1.807, 2.05) is 6.08 Å². The minimum atomic E-state index is -0.239. The van der Waals surface area contributed by atoms with Crippen LogP contribution in [0.15, 0.2) is 23.8 Å². The van der Waals surface area contributed by atoms with Gasteiger partial charge in [0.1, 0.15) is 5.82 Å². The summed E-state index contributed by atoms with van der Waals surface area (Å²) >= 11 is 9.59. The molecule has 1 aromatic rings. The molecule has 2 rings (SSSR count). The number of hydrogen-bond donors (Lipinski definition) is 0. The van der Waals surface area contributed by atoms with Crippen molar-refractivity contribution in [1.29, 1.82) is 0 Å². The molecular weight excluding hydrogens is 315 g/mol. The zero-order valence-electron chi connectivity index (χ0n) is 10.3. The Kier molecular flexibility index (Phi) is 5.25. The van der Waals surface area contributed by atoms with Crippen molar-refractivity contribution in [3.63, 3.8) is 0 Å². The topological polar surface area (TPSA) is 0 Å². The third-order valence-corrected chi connectivity index (χ3v) is 4.59. The summed E-state index contributed by atoms with van der Waals surface area (Å²) in [5.41, 5.74) is 1.79. The van der Waals surface area contributed by atoms with Gasteiger partial charge in [0.2, 0.25) is 0 Å². The fourth-order valence-corrected chi connectivity index (χ4v) is 3.41. The van der Waals surface area contributed by atoms with Crippen molar-refractivity contribution in [2.45, 2.75) is 32.1 Å². The molecule has 0 nitrogen and oxygen atoms in total. The molecule has 1 fully saturated rings. The molecular formula is C15H17BrClF. The molecule has 0 saturated heterocycles. The highest BCUT2D eigenvalue weighted by atomic mass is 79.9. The van der Waals surface area contributed by atoms with Crippen molar-refractivity contribution in [2.75, 3.05) is 5.33 Å². The van der Waals surface area contributed by atoms with Crippen molar-refractivity contribution in [3.05, 3.63) is 40.2 Å². The van der Waals surface area contributed by atoms with E-state index in [1.54, 1.807) is 12.1 Å². The number of benzene rings is 1. The van der Waals surface area contributed by atoms with Gasteiger partial charge in [-0.05, 0) is 30.9 Å². The fraction of sp³-hybridized carbons (Fsp3) is 0.467. The van der Waals surface area contributed by atoms with Gasteiger partial charge in [-0.1, -0.05) is 64.5 Å². The zero-order chi connectivity index (χ0) is 13.0. The zero-order valence-corrected chi connectivity index (χ0v) is 12.6. The van der Waals surface area contributed by atoms with Crippen LogP contribution >= 0.6 is 27.5 Å². The lowest BCUT2D eigenvalue weighted by Crippen LogP contribution is -2.10. The van der Waals surface area contributed by atoms with Crippen LogP contribution < -0.4 is 0 Å². The molecule has 0 aliphatic heterocycles. The van der Waals surface area contributed by atoms with Crippen molar-refractivity contribution < 1.29 is 4.39 Å². The summed E-state index contributed by atoms with van der Waals surface area (Å²) in [7, 11) is 0. The van der Waals surface area contributed by atoms with Gasteiger partial charge in [-0.25, -0.2) is 4.39 Å². The second-order valence-electron chi connectivity index (χ2n) is 4.82. The highest BCUT2D eigenvalue weighted by Crippen LogP contribution is 2.33. The van der Waals surface area contributed by atoms with Gasteiger partial charge in [0.05, 0.1) is 5.02 Å². The van der Waals surface area contributed by atoms with Gasteiger partial charge >= 0.3 is 0 Å². The lowest BCUT2D eigenvalue weighted by molar-refractivity contribution is 0.405. The SMILES string of the molecule is Fc1cccc(Cl)c1C=C(CBr)C1CCCCC1. The van der Waals surface area contributed by atoms with E-state index >= 15 is 0 Å². The molecule has 1 aliphatic carbocycles.